The topological polar surface area (TPSA) is 90.0 Å². The third-order valence-corrected chi connectivity index (χ3v) is 7.83. The van der Waals surface area contributed by atoms with E-state index < -0.39 is 10.0 Å². The fourth-order valence-electron chi connectivity index (χ4n) is 4.25. The van der Waals surface area contributed by atoms with E-state index >= 15 is 0 Å². The van der Waals surface area contributed by atoms with Crippen molar-refractivity contribution in [2.24, 2.45) is 0 Å². The number of anilines is 3. The lowest BCUT2D eigenvalue weighted by atomic mass is 9.96. The second kappa shape index (κ2) is 8.55. The number of benzene rings is 2. The highest BCUT2D eigenvalue weighted by atomic mass is 32.2. The molecule has 4 rings (SSSR count). The number of amides is 2. The standard InChI is InChI=1S/C23H28N4O4S/c1-16-7-9-17(10-8-16)24-22(28)15-27-21-14-18(32(30,31)25(2)3)11-12-19(21)26-13-5-4-6-20(26)23(27)29/h7-12,14,20H,4-6,13,15H2,1-3H3,(H,24,28). The van der Waals surface area contributed by atoms with Crippen molar-refractivity contribution in [2.45, 2.75) is 37.1 Å². The van der Waals surface area contributed by atoms with Crippen LogP contribution in [-0.4, -0.2) is 57.8 Å². The number of nitrogens with zero attached hydrogens (tertiary/aromatic N) is 3. The maximum absolute atomic E-state index is 13.4. The van der Waals surface area contributed by atoms with Gasteiger partial charge < -0.3 is 10.2 Å². The maximum Gasteiger partial charge on any atom is 0.250 e. The van der Waals surface area contributed by atoms with Crippen LogP contribution < -0.4 is 15.1 Å². The van der Waals surface area contributed by atoms with Crippen LogP contribution in [0.15, 0.2) is 47.4 Å². The molecule has 2 aromatic carbocycles. The molecule has 1 atom stereocenters. The van der Waals surface area contributed by atoms with Crippen molar-refractivity contribution >= 4 is 38.9 Å². The Labute approximate surface area is 188 Å². The van der Waals surface area contributed by atoms with Gasteiger partial charge in [0, 0.05) is 26.3 Å². The first-order valence-electron chi connectivity index (χ1n) is 10.7. The summed E-state index contributed by atoms with van der Waals surface area (Å²) < 4.78 is 26.6. The second-order valence-corrected chi connectivity index (χ2v) is 10.6. The first-order valence-corrected chi connectivity index (χ1v) is 12.1. The van der Waals surface area contributed by atoms with E-state index in [-0.39, 0.29) is 29.3 Å². The predicted octanol–water partition coefficient (Wildman–Crippen LogP) is 2.59. The van der Waals surface area contributed by atoms with Crippen LogP contribution in [0.2, 0.25) is 0 Å². The molecule has 1 N–H and O–H groups in total. The van der Waals surface area contributed by atoms with Crippen molar-refractivity contribution in [1.29, 1.82) is 0 Å². The Morgan fingerprint density at radius 3 is 2.50 bits per heavy atom. The third kappa shape index (κ3) is 4.10. The number of sulfonamides is 1. The third-order valence-electron chi connectivity index (χ3n) is 6.02. The summed E-state index contributed by atoms with van der Waals surface area (Å²) in [6, 6.07) is 11.9. The summed E-state index contributed by atoms with van der Waals surface area (Å²) in [5.41, 5.74) is 2.97. The van der Waals surface area contributed by atoms with Crippen molar-refractivity contribution in [2.75, 3.05) is 42.3 Å². The Kier molecular flexibility index (Phi) is 5.96. The molecule has 0 bridgehead atoms. The normalized spacial score (nSPS) is 18.4. The number of rotatable bonds is 5. The fraction of sp³-hybridized carbons (Fsp3) is 0.391. The molecule has 0 aromatic heterocycles. The van der Waals surface area contributed by atoms with Gasteiger partial charge in [0.15, 0.2) is 0 Å². The molecule has 1 unspecified atom stereocenters. The average Bonchev–Trinajstić information content (AvgIpc) is 2.77. The number of nitrogens with one attached hydrogen (secondary N) is 1. The summed E-state index contributed by atoms with van der Waals surface area (Å²) in [5.74, 6) is -0.506. The van der Waals surface area contributed by atoms with Gasteiger partial charge in [0.05, 0.1) is 16.3 Å². The minimum atomic E-state index is -3.69. The van der Waals surface area contributed by atoms with Gasteiger partial charge in [-0.2, -0.15) is 0 Å². The van der Waals surface area contributed by atoms with Crippen molar-refractivity contribution < 1.29 is 18.0 Å². The van der Waals surface area contributed by atoms with Gasteiger partial charge in [-0.3, -0.25) is 14.5 Å². The highest BCUT2D eigenvalue weighted by molar-refractivity contribution is 7.89. The van der Waals surface area contributed by atoms with Gasteiger partial charge in [-0.05, 0) is 56.5 Å². The molecular formula is C23H28N4O4S. The van der Waals surface area contributed by atoms with Crippen LogP contribution in [0.5, 0.6) is 0 Å². The summed E-state index contributed by atoms with van der Waals surface area (Å²) in [4.78, 5) is 29.8. The first-order chi connectivity index (χ1) is 15.2. The highest BCUT2D eigenvalue weighted by Crippen LogP contribution is 2.40. The lowest BCUT2D eigenvalue weighted by Crippen LogP contribution is -2.56. The van der Waals surface area contributed by atoms with E-state index in [0.29, 0.717) is 17.8 Å². The largest absolute Gasteiger partial charge is 0.358 e. The van der Waals surface area contributed by atoms with E-state index in [1.54, 1.807) is 12.1 Å². The summed E-state index contributed by atoms with van der Waals surface area (Å²) in [6.07, 6.45) is 2.62. The predicted molar refractivity (Wildman–Crippen MR) is 124 cm³/mol. The molecule has 0 saturated carbocycles. The van der Waals surface area contributed by atoms with Crippen LogP contribution in [0.3, 0.4) is 0 Å². The van der Waals surface area contributed by atoms with Gasteiger partial charge in [-0.1, -0.05) is 17.7 Å². The monoisotopic (exact) mass is 456 g/mol. The molecule has 32 heavy (non-hydrogen) atoms. The molecule has 2 aliphatic heterocycles. The molecule has 0 radical (unpaired) electrons. The summed E-state index contributed by atoms with van der Waals surface area (Å²) in [6.45, 7) is 2.51. The Morgan fingerprint density at radius 2 is 1.81 bits per heavy atom. The van der Waals surface area contributed by atoms with Crippen LogP contribution in [0.25, 0.3) is 0 Å². The lowest BCUT2D eigenvalue weighted by molar-refractivity contribution is -0.123. The van der Waals surface area contributed by atoms with Gasteiger partial charge >= 0.3 is 0 Å². The molecule has 0 spiro atoms. The van der Waals surface area contributed by atoms with Crippen LogP contribution in [0.4, 0.5) is 17.1 Å². The molecule has 2 aromatic rings. The molecule has 2 amide bonds. The molecule has 1 fully saturated rings. The minimum absolute atomic E-state index is 0.0912. The van der Waals surface area contributed by atoms with Gasteiger partial charge in [0.25, 0.3) is 0 Å². The van der Waals surface area contributed by atoms with Crippen LogP contribution in [-0.2, 0) is 19.6 Å². The summed E-state index contributed by atoms with van der Waals surface area (Å²) >= 11 is 0. The van der Waals surface area contributed by atoms with Gasteiger partial charge in [-0.25, -0.2) is 12.7 Å². The van der Waals surface area contributed by atoms with Crippen LogP contribution >= 0.6 is 0 Å². The highest BCUT2D eigenvalue weighted by Gasteiger charge is 2.40. The zero-order valence-corrected chi connectivity index (χ0v) is 19.4. The molecule has 9 heteroatoms. The second-order valence-electron chi connectivity index (χ2n) is 8.48. The smallest absolute Gasteiger partial charge is 0.250 e. The number of fused-ring (bicyclic) bond motifs is 3. The van der Waals surface area contributed by atoms with Gasteiger partial charge in [0.1, 0.15) is 12.6 Å². The van der Waals surface area contributed by atoms with Crippen molar-refractivity contribution in [1.82, 2.24) is 4.31 Å². The lowest BCUT2D eigenvalue weighted by Gasteiger charge is -2.45. The van der Waals surface area contributed by atoms with Crippen molar-refractivity contribution in [3.8, 4) is 0 Å². The quantitative estimate of drug-likeness (QED) is 0.747. The molecule has 0 aliphatic carbocycles. The molecular weight excluding hydrogens is 428 g/mol. The van der Waals surface area contributed by atoms with E-state index in [4.69, 9.17) is 0 Å². The van der Waals surface area contributed by atoms with E-state index in [2.05, 4.69) is 5.32 Å². The van der Waals surface area contributed by atoms with Crippen molar-refractivity contribution in [3.05, 3.63) is 48.0 Å². The SMILES string of the molecule is Cc1ccc(NC(=O)CN2C(=O)C3CCCCN3c3ccc(S(=O)(=O)N(C)C)cc32)cc1. The van der Waals surface area contributed by atoms with Crippen LogP contribution in [0, 0.1) is 6.92 Å². The summed E-state index contributed by atoms with van der Waals surface area (Å²) in [7, 11) is -0.754. The van der Waals surface area contributed by atoms with Crippen LogP contribution in [0.1, 0.15) is 24.8 Å². The van der Waals surface area contributed by atoms with Gasteiger partial charge in [0.2, 0.25) is 21.8 Å². The van der Waals surface area contributed by atoms with E-state index in [1.165, 1.54) is 25.1 Å². The number of hydrogen-bond acceptors (Lipinski definition) is 5. The number of carbonyl (C=O) groups excluding carboxylic acids is 2. The first kappa shape index (κ1) is 22.3. The molecule has 2 heterocycles. The molecule has 170 valence electrons. The minimum Gasteiger partial charge on any atom is -0.358 e. The Balaban J connectivity index is 1.70. The number of carbonyl (C=O) groups is 2. The number of aryl methyl sites for hydroxylation is 1. The fourth-order valence-corrected chi connectivity index (χ4v) is 5.18. The van der Waals surface area contributed by atoms with E-state index in [0.717, 1.165) is 34.9 Å². The zero-order chi connectivity index (χ0) is 23.0. The zero-order valence-electron chi connectivity index (χ0n) is 18.5. The Bertz CT molecular complexity index is 1150. The average molecular weight is 457 g/mol. The molecule has 1 saturated heterocycles. The maximum atomic E-state index is 13.4. The van der Waals surface area contributed by atoms with E-state index in [1.807, 2.05) is 36.1 Å². The van der Waals surface area contributed by atoms with Crippen molar-refractivity contribution in [3.63, 3.8) is 0 Å². The number of hydrogen-bond donors (Lipinski definition) is 1. The number of piperidine rings is 1. The Hall–Kier alpha value is -2.91. The van der Waals surface area contributed by atoms with Gasteiger partial charge in [-0.15, -0.1) is 0 Å². The Morgan fingerprint density at radius 1 is 1.09 bits per heavy atom. The molecule has 2 aliphatic rings. The van der Waals surface area contributed by atoms with E-state index in [9.17, 15) is 18.0 Å². The summed E-state index contributed by atoms with van der Waals surface area (Å²) in [5, 5.41) is 2.83. The molecule has 8 nitrogen and oxygen atoms in total.